The zero-order valence-corrected chi connectivity index (χ0v) is 29.0. The second-order valence-electron chi connectivity index (χ2n) is 13.9. The van der Waals surface area contributed by atoms with E-state index >= 15 is 0 Å². The zero-order valence-electron chi connectivity index (χ0n) is 29.0. The number of rotatable bonds is 4. The highest BCUT2D eigenvalue weighted by Gasteiger charge is 2.27. The molecule has 54 heavy (non-hydrogen) atoms. The third-order valence-corrected chi connectivity index (χ3v) is 11.0. The molecule has 8 aromatic carbocycles. The van der Waals surface area contributed by atoms with E-state index in [-0.39, 0.29) is 0 Å². The third kappa shape index (κ3) is 3.95. The molecule has 0 saturated heterocycles. The summed E-state index contributed by atoms with van der Waals surface area (Å²) in [5.74, 6) is 0.913. The first-order chi connectivity index (χ1) is 26.8. The number of fused-ring (bicyclic) bond motifs is 13. The van der Waals surface area contributed by atoms with Crippen LogP contribution < -0.4 is 0 Å². The number of aromatic nitrogens is 4. The van der Waals surface area contributed by atoms with E-state index in [2.05, 4.69) is 196 Å². The summed E-state index contributed by atoms with van der Waals surface area (Å²) in [6.45, 7) is 0. The SMILES string of the molecule is c1ccc(-n2c(-c3ccc(-n4c5ccccc5c5c6c7ccccc7oc6c6c(c7ccccc7n6-c6ccccc6)c54)cc3)nc3ccccc32)cc1. The van der Waals surface area contributed by atoms with E-state index in [1.807, 2.05) is 0 Å². The van der Waals surface area contributed by atoms with E-state index in [1.165, 1.54) is 27.1 Å². The van der Waals surface area contributed by atoms with Crippen LogP contribution in [0, 0.1) is 0 Å². The van der Waals surface area contributed by atoms with Gasteiger partial charge in [-0.25, -0.2) is 4.98 Å². The Bertz CT molecular complexity index is 3420. The number of hydrogen-bond acceptors (Lipinski definition) is 2. The lowest BCUT2D eigenvalue weighted by Crippen LogP contribution is -1.98. The van der Waals surface area contributed by atoms with E-state index in [4.69, 9.17) is 9.40 Å². The van der Waals surface area contributed by atoms with Gasteiger partial charge in [-0.15, -0.1) is 0 Å². The molecule has 0 atom stereocenters. The van der Waals surface area contributed by atoms with Crippen molar-refractivity contribution in [3.63, 3.8) is 0 Å². The second-order valence-corrected chi connectivity index (χ2v) is 13.9. The maximum absolute atomic E-state index is 6.93. The fourth-order valence-electron chi connectivity index (χ4n) is 8.82. The van der Waals surface area contributed by atoms with Gasteiger partial charge >= 0.3 is 0 Å². The van der Waals surface area contributed by atoms with Gasteiger partial charge in [-0.1, -0.05) is 103 Å². The van der Waals surface area contributed by atoms with Gasteiger partial charge in [0.2, 0.25) is 0 Å². The standard InChI is InChI=1S/C49H30N4O/c1-3-15-32(16-4-1)52-40-24-12-8-20-36(40)45-46-43(44-37-21-9-14-26-42(37)54-48(44)47(45)52)35-19-7-11-23-39(35)51(46)34-29-27-31(28-30-34)49-50-38-22-10-13-25-41(38)53(49)33-17-5-2-6-18-33/h1-30H. The van der Waals surface area contributed by atoms with Crippen molar-refractivity contribution in [3.05, 3.63) is 182 Å². The molecule has 5 heteroatoms. The van der Waals surface area contributed by atoms with Crippen LogP contribution in [0.4, 0.5) is 0 Å². The Hall–Kier alpha value is -7.37. The van der Waals surface area contributed by atoms with Crippen molar-refractivity contribution in [1.29, 1.82) is 0 Å². The summed E-state index contributed by atoms with van der Waals surface area (Å²) in [5.41, 5.74) is 12.7. The van der Waals surface area contributed by atoms with Gasteiger partial charge in [-0.3, -0.25) is 4.57 Å². The molecule has 12 rings (SSSR count). The van der Waals surface area contributed by atoms with Crippen molar-refractivity contribution in [2.75, 3.05) is 0 Å². The maximum atomic E-state index is 6.93. The van der Waals surface area contributed by atoms with Crippen LogP contribution in [0.3, 0.4) is 0 Å². The molecule has 252 valence electrons. The fraction of sp³-hybridized carbons (Fsp3) is 0. The van der Waals surface area contributed by atoms with Gasteiger partial charge in [-0.2, -0.15) is 0 Å². The van der Waals surface area contributed by atoms with Gasteiger partial charge in [0.1, 0.15) is 11.4 Å². The number of nitrogens with zero attached hydrogens (tertiary/aromatic N) is 4. The Morgan fingerprint density at radius 1 is 0.370 bits per heavy atom. The quantitative estimate of drug-likeness (QED) is 0.184. The highest BCUT2D eigenvalue weighted by molar-refractivity contribution is 6.39. The molecular formula is C49H30N4O. The molecule has 4 aromatic heterocycles. The van der Waals surface area contributed by atoms with Crippen LogP contribution >= 0.6 is 0 Å². The van der Waals surface area contributed by atoms with Gasteiger partial charge in [0, 0.05) is 54.9 Å². The van der Waals surface area contributed by atoms with Crippen LogP contribution in [0.15, 0.2) is 186 Å². The fourth-order valence-corrected chi connectivity index (χ4v) is 8.82. The number of hydrogen-bond donors (Lipinski definition) is 0. The Morgan fingerprint density at radius 3 is 1.59 bits per heavy atom. The summed E-state index contributed by atoms with van der Waals surface area (Å²) in [4.78, 5) is 5.16. The van der Waals surface area contributed by atoms with Gasteiger partial charge in [0.25, 0.3) is 0 Å². The molecule has 12 aromatic rings. The molecule has 0 saturated carbocycles. The number of benzene rings is 8. The maximum Gasteiger partial charge on any atom is 0.160 e. The second kappa shape index (κ2) is 11.1. The summed E-state index contributed by atoms with van der Waals surface area (Å²) >= 11 is 0. The Morgan fingerprint density at radius 2 is 0.889 bits per heavy atom. The van der Waals surface area contributed by atoms with Crippen LogP contribution in [0.25, 0.3) is 105 Å². The normalized spacial score (nSPS) is 12.1. The Balaban J connectivity index is 1.22. The van der Waals surface area contributed by atoms with Gasteiger partial charge in [-0.05, 0) is 78.9 Å². The minimum atomic E-state index is 0.883. The highest BCUT2D eigenvalue weighted by Crippen LogP contribution is 2.49. The molecule has 0 aliphatic carbocycles. The van der Waals surface area contributed by atoms with Crippen LogP contribution in [-0.2, 0) is 0 Å². The first-order valence-electron chi connectivity index (χ1n) is 18.3. The average molecular weight is 691 g/mol. The molecule has 0 unspecified atom stereocenters. The lowest BCUT2D eigenvalue weighted by molar-refractivity contribution is 0.671. The van der Waals surface area contributed by atoms with Crippen molar-refractivity contribution in [2.24, 2.45) is 0 Å². The number of furan rings is 1. The van der Waals surface area contributed by atoms with E-state index in [0.717, 1.165) is 78.0 Å². The lowest BCUT2D eigenvalue weighted by Gasteiger charge is -2.12. The minimum Gasteiger partial charge on any atom is -0.454 e. The molecule has 0 N–H and O–H groups in total. The highest BCUT2D eigenvalue weighted by atomic mass is 16.3. The predicted molar refractivity (Wildman–Crippen MR) is 222 cm³/mol. The van der Waals surface area contributed by atoms with Crippen molar-refractivity contribution in [2.45, 2.75) is 0 Å². The van der Waals surface area contributed by atoms with Crippen molar-refractivity contribution < 1.29 is 4.42 Å². The van der Waals surface area contributed by atoms with Crippen LogP contribution in [-0.4, -0.2) is 18.7 Å². The Labute approximate surface area is 309 Å². The van der Waals surface area contributed by atoms with Gasteiger partial charge in [0.05, 0.1) is 33.1 Å². The molecular weight excluding hydrogens is 661 g/mol. The summed E-state index contributed by atoms with van der Waals surface area (Å²) in [6.07, 6.45) is 0. The van der Waals surface area contributed by atoms with E-state index in [1.54, 1.807) is 0 Å². The van der Waals surface area contributed by atoms with Crippen LogP contribution in [0.2, 0.25) is 0 Å². The van der Waals surface area contributed by atoms with E-state index < -0.39 is 0 Å². The smallest absolute Gasteiger partial charge is 0.160 e. The van der Waals surface area contributed by atoms with E-state index in [0.29, 0.717) is 0 Å². The molecule has 0 amide bonds. The zero-order chi connectivity index (χ0) is 35.3. The van der Waals surface area contributed by atoms with Gasteiger partial charge in [0.15, 0.2) is 5.58 Å². The third-order valence-electron chi connectivity index (χ3n) is 11.0. The van der Waals surface area contributed by atoms with Crippen molar-refractivity contribution >= 4 is 76.6 Å². The van der Waals surface area contributed by atoms with Gasteiger partial charge < -0.3 is 13.6 Å². The summed E-state index contributed by atoms with van der Waals surface area (Å²) < 4.78 is 14.0. The molecule has 0 aliphatic heterocycles. The molecule has 0 fully saturated rings. The molecule has 0 aliphatic rings. The number of para-hydroxylation sites is 7. The molecule has 0 bridgehead atoms. The first-order valence-corrected chi connectivity index (χ1v) is 18.3. The first kappa shape index (κ1) is 29.2. The largest absolute Gasteiger partial charge is 0.454 e. The summed E-state index contributed by atoms with van der Waals surface area (Å²) in [5, 5.41) is 6.99. The number of imidazole rings is 1. The van der Waals surface area contributed by atoms with E-state index in [9.17, 15) is 0 Å². The van der Waals surface area contributed by atoms with Crippen LogP contribution in [0.5, 0.6) is 0 Å². The molecule has 5 nitrogen and oxygen atoms in total. The van der Waals surface area contributed by atoms with Crippen LogP contribution in [0.1, 0.15) is 0 Å². The van der Waals surface area contributed by atoms with Crippen molar-refractivity contribution in [1.82, 2.24) is 18.7 Å². The average Bonchev–Trinajstić information content (AvgIpc) is 3.99. The summed E-state index contributed by atoms with van der Waals surface area (Å²) in [7, 11) is 0. The minimum absolute atomic E-state index is 0.883. The summed E-state index contributed by atoms with van der Waals surface area (Å²) in [6, 6.07) is 64.4. The topological polar surface area (TPSA) is 40.8 Å². The monoisotopic (exact) mass is 690 g/mol. The molecule has 4 heterocycles. The van der Waals surface area contributed by atoms with Crippen molar-refractivity contribution in [3.8, 4) is 28.5 Å². The Kier molecular flexibility index (Phi) is 5.99. The lowest BCUT2D eigenvalue weighted by atomic mass is 10.0. The predicted octanol–water partition coefficient (Wildman–Crippen LogP) is 12.8. The molecule has 0 spiro atoms. The molecule has 0 radical (unpaired) electrons.